The van der Waals surface area contributed by atoms with Crippen molar-refractivity contribution >= 4 is 5.91 Å². The molecule has 0 unspecified atom stereocenters. The summed E-state index contributed by atoms with van der Waals surface area (Å²) in [5.41, 5.74) is 3.68. The second-order valence-electron chi connectivity index (χ2n) is 7.30. The first-order chi connectivity index (χ1) is 13.2. The molecule has 2 aliphatic rings. The largest absolute Gasteiger partial charge is 0.379 e. The zero-order valence-corrected chi connectivity index (χ0v) is 15.6. The topological polar surface area (TPSA) is 79.5 Å². The monoisotopic (exact) mass is 370 g/mol. The lowest BCUT2D eigenvalue weighted by Gasteiger charge is -2.32. The Labute approximate surface area is 159 Å². The molecule has 0 radical (unpaired) electrons. The predicted molar refractivity (Wildman–Crippen MR) is 100 cm³/mol. The SMILES string of the molecule is CN1CCc2[nH]nc(C(=O)N[C@@H]3COCC[C@@H]3OCc3ccccc3)c2C1. The van der Waals surface area contributed by atoms with Crippen molar-refractivity contribution in [3.63, 3.8) is 0 Å². The van der Waals surface area contributed by atoms with Crippen molar-refractivity contribution < 1.29 is 14.3 Å². The lowest BCUT2D eigenvalue weighted by Crippen LogP contribution is -2.50. The molecule has 7 nitrogen and oxygen atoms in total. The molecule has 2 aliphatic heterocycles. The van der Waals surface area contributed by atoms with Crippen molar-refractivity contribution in [1.29, 1.82) is 0 Å². The number of hydrogen-bond acceptors (Lipinski definition) is 5. The molecule has 3 heterocycles. The Morgan fingerprint density at radius 3 is 3.11 bits per heavy atom. The van der Waals surface area contributed by atoms with Gasteiger partial charge in [-0.1, -0.05) is 30.3 Å². The van der Waals surface area contributed by atoms with Gasteiger partial charge in [-0.2, -0.15) is 5.10 Å². The van der Waals surface area contributed by atoms with Crippen LogP contribution in [0, 0.1) is 0 Å². The predicted octanol–water partition coefficient (Wildman–Crippen LogP) is 1.50. The fourth-order valence-corrected chi connectivity index (χ4v) is 3.68. The molecule has 1 amide bonds. The van der Waals surface area contributed by atoms with Crippen molar-refractivity contribution in [2.24, 2.45) is 0 Å². The average Bonchev–Trinajstić information content (AvgIpc) is 3.11. The van der Waals surface area contributed by atoms with E-state index in [1.54, 1.807) is 0 Å². The van der Waals surface area contributed by atoms with Crippen LogP contribution in [0.1, 0.15) is 33.7 Å². The van der Waals surface area contributed by atoms with Gasteiger partial charge in [0, 0.05) is 37.4 Å². The molecule has 2 atom stereocenters. The maximum absolute atomic E-state index is 12.8. The number of carbonyl (C=O) groups excluding carboxylic acids is 1. The van der Waals surface area contributed by atoms with Crippen LogP contribution < -0.4 is 5.32 Å². The molecule has 1 aromatic heterocycles. The van der Waals surface area contributed by atoms with E-state index in [4.69, 9.17) is 9.47 Å². The summed E-state index contributed by atoms with van der Waals surface area (Å²) in [6, 6.07) is 9.89. The molecule has 27 heavy (non-hydrogen) atoms. The maximum atomic E-state index is 12.8. The highest BCUT2D eigenvalue weighted by Gasteiger charge is 2.31. The van der Waals surface area contributed by atoms with Crippen molar-refractivity contribution in [3.8, 4) is 0 Å². The van der Waals surface area contributed by atoms with E-state index in [0.717, 1.165) is 42.8 Å². The number of hydrogen-bond donors (Lipinski definition) is 2. The zero-order chi connectivity index (χ0) is 18.6. The number of fused-ring (bicyclic) bond motifs is 1. The summed E-state index contributed by atoms with van der Waals surface area (Å²) in [5, 5.41) is 10.4. The minimum Gasteiger partial charge on any atom is -0.379 e. The van der Waals surface area contributed by atoms with E-state index in [2.05, 4.69) is 27.5 Å². The minimum absolute atomic E-state index is 0.0691. The van der Waals surface area contributed by atoms with Crippen molar-refractivity contribution in [2.75, 3.05) is 26.8 Å². The molecular weight excluding hydrogens is 344 g/mol. The van der Waals surface area contributed by atoms with E-state index in [1.165, 1.54) is 0 Å². The summed E-state index contributed by atoms with van der Waals surface area (Å²) in [7, 11) is 2.06. The number of nitrogens with zero attached hydrogens (tertiary/aromatic N) is 2. The lowest BCUT2D eigenvalue weighted by molar-refractivity contribution is -0.0605. The number of carbonyl (C=O) groups is 1. The first-order valence-electron chi connectivity index (χ1n) is 9.49. The third-order valence-corrected chi connectivity index (χ3v) is 5.26. The second-order valence-corrected chi connectivity index (χ2v) is 7.30. The number of benzene rings is 1. The Morgan fingerprint density at radius 1 is 1.41 bits per heavy atom. The van der Waals surface area contributed by atoms with Gasteiger partial charge in [0.05, 0.1) is 25.4 Å². The van der Waals surface area contributed by atoms with Gasteiger partial charge in [-0.05, 0) is 19.0 Å². The fraction of sp³-hybridized carbons (Fsp3) is 0.500. The van der Waals surface area contributed by atoms with Crippen molar-refractivity contribution in [3.05, 3.63) is 52.8 Å². The van der Waals surface area contributed by atoms with E-state index < -0.39 is 0 Å². The highest BCUT2D eigenvalue weighted by Crippen LogP contribution is 2.20. The van der Waals surface area contributed by atoms with Gasteiger partial charge in [0.25, 0.3) is 5.91 Å². The molecule has 1 fully saturated rings. The van der Waals surface area contributed by atoms with Crippen LogP contribution in [0.25, 0.3) is 0 Å². The standard InChI is InChI=1S/C20H26N4O3/c1-24-9-7-16-15(11-24)19(23-22-16)20(25)21-17-13-26-10-8-18(17)27-12-14-5-3-2-4-6-14/h2-6,17-18H,7-13H2,1H3,(H,21,25)(H,22,23)/t17-,18+/m1/s1. The zero-order valence-electron chi connectivity index (χ0n) is 15.6. The molecule has 1 saturated heterocycles. The van der Waals surface area contributed by atoms with Crippen LogP contribution in [0.4, 0.5) is 0 Å². The minimum atomic E-state index is -0.177. The van der Waals surface area contributed by atoms with E-state index in [1.807, 2.05) is 30.3 Å². The average molecular weight is 370 g/mol. The van der Waals surface area contributed by atoms with Crippen LogP contribution in [-0.2, 0) is 29.0 Å². The van der Waals surface area contributed by atoms with Gasteiger partial charge in [-0.15, -0.1) is 0 Å². The molecule has 0 bridgehead atoms. The maximum Gasteiger partial charge on any atom is 0.272 e. The summed E-state index contributed by atoms with van der Waals surface area (Å²) in [6.07, 6.45) is 1.58. The van der Waals surface area contributed by atoms with Crippen LogP contribution in [0.2, 0.25) is 0 Å². The summed E-state index contributed by atoms with van der Waals surface area (Å²) in [4.78, 5) is 15.0. The number of ether oxygens (including phenoxy) is 2. The molecule has 0 spiro atoms. The first-order valence-corrected chi connectivity index (χ1v) is 9.49. The van der Waals surface area contributed by atoms with Crippen LogP contribution in [0.3, 0.4) is 0 Å². The van der Waals surface area contributed by atoms with E-state index in [0.29, 0.717) is 25.5 Å². The number of nitrogens with one attached hydrogen (secondary N) is 2. The summed E-state index contributed by atoms with van der Waals surface area (Å²) in [5.74, 6) is -0.161. The fourth-order valence-electron chi connectivity index (χ4n) is 3.68. The van der Waals surface area contributed by atoms with Crippen LogP contribution in [0.15, 0.2) is 30.3 Å². The van der Waals surface area contributed by atoms with Gasteiger partial charge in [-0.25, -0.2) is 0 Å². The smallest absolute Gasteiger partial charge is 0.272 e. The van der Waals surface area contributed by atoms with E-state index >= 15 is 0 Å². The van der Waals surface area contributed by atoms with Gasteiger partial charge in [0.1, 0.15) is 0 Å². The lowest BCUT2D eigenvalue weighted by atomic mass is 10.0. The van der Waals surface area contributed by atoms with E-state index in [-0.39, 0.29) is 18.1 Å². The quantitative estimate of drug-likeness (QED) is 0.834. The van der Waals surface area contributed by atoms with Crippen LogP contribution in [0.5, 0.6) is 0 Å². The molecule has 0 saturated carbocycles. The molecular formula is C20H26N4O3. The van der Waals surface area contributed by atoms with Gasteiger partial charge in [0.2, 0.25) is 0 Å². The third-order valence-electron chi connectivity index (χ3n) is 5.26. The van der Waals surface area contributed by atoms with Gasteiger partial charge in [-0.3, -0.25) is 9.89 Å². The number of H-pyrrole nitrogens is 1. The molecule has 2 aromatic rings. The highest BCUT2D eigenvalue weighted by atomic mass is 16.5. The first kappa shape index (κ1) is 18.2. The van der Waals surface area contributed by atoms with Crippen molar-refractivity contribution in [2.45, 2.75) is 38.1 Å². The Kier molecular flexibility index (Phi) is 5.52. The summed E-state index contributed by atoms with van der Waals surface area (Å²) < 4.78 is 11.7. The molecule has 0 aliphatic carbocycles. The number of aromatic amines is 1. The molecule has 1 aromatic carbocycles. The second kappa shape index (κ2) is 8.21. The Morgan fingerprint density at radius 2 is 2.26 bits per heavy atom. The Hall–Kier alpha value is -2.22. The Balaban J connectivity index is 1.41. The summed E-state index contributed by atoms with van der Waals surface area (Å²) >= 11 is 0. The number of likely N-dealkylation sites (N-methyl/N-ethyl adjacent to an activating group) is 1. The third kappa shape index (κ3) is 4.21. The van der Waals surface area contributed by atoms with Gasteiger partial charge >= 0.3 is 0 Å². The van der Waals surface area contributed by atoms with Gasteiger partial charge < -0.3 is 19.7 Å². The van der Waals surface area contributed by atoms with E-state index in [9.17, 15) is 4.79 Å². The van der Waals surface area contributed by atoms with Crippen LogP contribution >= 0.6 is 0 Å². The Bertz CT molecular complexity index is 777. The number of rotatable bonds is 5. The number of aromatic nitrogens is 2. The molecule has 144 valence electrons. The molecule has 2 N–H and O–H groups in total. The van der Waals surface area contributed by atoms with Crippen molar-refractivity contribution in [1.82, 2.24) is 20.4 Å². The normalized spacial score (nSPS) is 23.0. The van der Waals surface area contributed by atoms with Crippen LogP contribution in [-0.4, -0.2) is 60.0 Å². The number of amides is 1. The van der Waals surface area contributed by atoms with Gasteiger partial charge in [0.15, 0.2) is 5.69 Å². The molecule has 4 rings (SSSR count). The molecule has 7 heteroatoms. The summed E-state index contributed by atoms with van der Waals surface area (Å²) in [6.45, 7) is 3.35. The highest BCUT2D eigenvalue weighted by molar-refractivity contribution is 5.94.